The number of hydrogen-bond acceptors (Lipinski definition) is 6. The molecular formula is C6H10N4O3. The van der Waals surface area contributed by atoms with E-state index in [1.165, 1.54) is 4.80 Å². The summed E-state index contributed by atoms with van der Waals surface area (Å²) in [7, 11) is 1.62. The normalized spacial score (nSPS) is 33.9. The fourth-order valence-corrected chi connectivity index (χ4v) is 1.24. The number of hydrogen-bond donors (Lipinski definition) is 2. The summed E-state index contributed by atoms with van der Waals surface area (Å²) in [6.45, 7) is 0.101. The number of aliphatic hydroxyl groups is 2. The van der Waals surface area contributed by atoms with Gasteiger partial charge >= 0.3 is 0 Å². The van der Waals surface area contributed by atoms with Crippen molar-refractivity contribution < 1.29 is 14.9 Å². The maximum Gasteiger partial charge on any atom is 0.206 e. The van der Waals surface area contributed by atoms with E-state index in [4.69, 9.17) is 4.74 Å². The van der Waals surface area contributed by atoms with Gasteiger partial charge in [-0.2, -0.15) is 4.80 Å². The van der Waals surface area contributed by atoms with Crippen molar-refractivity contribution in [1.29, 1.82) is 0 Å². The summed E-state index contributed by atoms with van der Waals surface area (Å²) in [6.07, 6.45) is -2.50. The molecule has 2 heterocycles. The van der Waals surface area contributed by atoms with Gasteiger partial charge in [-0.05, 0) is 5.21 Å². The predicted octanol–water partition coefficient (Wildman–Crippen LogP) is -2.00. The minimum atomic E-state index is -0.968. The third-order valence-corrected chi connectivity index (χ3v) is 1.93. The van der Waals surface area contributed by atoms with E-state index in [1.807, 2.05) is 0 Å². The second-order valence-corrected chi connectivity index (χ2v) is 2.95. The lowest BCUT2D eigenvalue weighted by atomic mass is 10.1. The number of aliphatic hydroxyl groups excluding tert-OH is 2. The Morgan fingerprint density at radius 1 is 1.54 bits per heavy atom. The monoisotopic (exact) mass is 186 g/mol. The van der Waals surface area contributed by atoms with Crippen LogP contribution >= 0.6 is 0 Å². The molecule has 1 saturated heterocycles. The molecule has 0 bridgehead atoms. The summed E-state index contributed by atoms with van der Waals surface area (Å²) in [5.41, 5.74) is 0. The molecule has 0 aromatic carbocycles. The zero-order valence-corrected chi connectivity index (χ0v) is 7.03. The third-order valence-electron chi connectivity index (χ3n) is 1.93. The smallest absolute Gasteiger partial charge is 0.206 e. The zero-order valence-electron chi connectivity index (χ0n) is 7.03. The van der Waals surface area contributed by atoms with Crippen molar-refractivity contribution in [2.75, 3.05) is 6.61 Å². The van der Waals surface area contributed by atoms with Crippen molar-refractivity contribution in [1.82, 2.24) is 20.2 Å². The van der Waals surface area contributed by atoms with Crippen LogP contribution in [0, 0.1) is 0 Å². The summed E-state index contributed by atoms with van der Waals surface area (Å²) in [6, 6.07) is 0. The Hall–Kier alpha value is -1.05. The molecule has 2 N–H and O–H groups in total. The molecule has 0 spiro atoms. The number of tetrazole rings is 1. The molecule has 1 fully saturated rings. The lowest BCUT2D eigenvalue weighted by Crippen LogP contribution is -2.25. The van der Waals surface area contributed by atoms with Crippen molar-refractivity contribution in [3.05, 3.63) is 5.82 Å². The van der Waals surface area contributed by atoms with Gasteiger partial charge in [-0.25, -0.2) is 0 Å². The lowest BCUT2D eigenvalue weighted by molar-refractivity contribution is 0.0182. The minimum absolute atomic E-state index is 0.101. The molecule has 0 unspecified atom stereocenters. The van der Waals surface area contributed by atoms with Gasteiger partial charge in [0, 0.05) is 0 Å². The number of aromatic nitrogens is 4. The second kappa shape index (κ2) is 3.02. The topological polar surface area (TPSA) is 93.3 Å². The van der Waals surface area contributed by atoms with Gasteiger partial charge in [0.25, 0.3) is 0 Å². The Morgan fingerprint density at radius 3 is 2.77 bits per heavy atom. The Labute approximate surface area is 73.9 Å². The number of nitrogens with zero attached hydrogens (tertiary/aromatic N) is 4. The molecule has 1 aromatic rings. The van der Waals surface area contributed by atoms with Gasteiger partial charge in [0.05, 0.1) is 13.7 Å². The van der Waals surface area contributed by atoms with Gasteiger partial charge in [-0.15, -0.1) is 10.2 Å². The van der Waals surface area contributed by atoms with Crippen LogP contribution < -0.4 is 0 Å². The van der Waals surface area contributed by atoms with E-state index in [9.17, 15) is 10.2 Å². The first-order valence-corrected chi connectivity index (χ1v) is 3.90. The first-order valence-electron chi connectivity index (χ1n) is 3.90. The quantitative estimate of drug-likeness (QED) is 0.527. The van der Waals surface area contributed by atoms with Crippen LogP contribution in [-0.2, 0) is 11.8 Å². The standard InChI is InChI=1S/C6H10N4O3/c1-10-8-6(7-9-10)5-4(12)3(11)2-13-5/h3-5,11-12H,2H2,1H3/t3-,4-,5-/m0/s1. The molecule has 7 heteroatoms. The predicted molar refractivity (Wildman–Crippen MR) is 39.5 cm³/mol. The van der Waals surface area contributed by atoms with Crippen LogP contribution in [0.1, 0.15) is 11.9 Å². The van der Waals surface area contributed by atoms with Gasteiger partial charge in [-0.3, -0.25) is 0 Å². The maximum absolute atomic E-state index is 9.43. The summed E-state index contributed by atoms with van der Waals surface area (Å²) < 4.78 is 5.10. The molecule has 72 valence electrons. The highest BCUT2D eigenvalue weighted by molar-refractivity contribution is 4.96. The number of ether oxygens (including phenoxy) is 1. The number of rotatable bonds is 1. The van der Waals surface area contributed by atoms with Gasteiger partial charge in [0.15, 0.2) is 0 Å². The lowest BCUT2D eigenvalue weighted by Gasteiger charge is -2.09. The van der Waals surface area contributed by atoms with E-state index < -0.39 is 18.3 Å². The first kappa shape index (κ1) is 8.54. The summed E-state index contributed by atoms with van der Waals surface area (Å²) in [5, 5.41) is 29.8. The second-order valence-electron chi connectivity index (χ2n) is 2.95. The van der Waals surface area contributed by atoms with E-state index in [0.717, 1.165) is 0 Å². The first-order chi connectivity index (χ1) is 6.18. The summed E-state index contributed by atoms with van der Waals surface area (Å²) in [5.74, 6) is 0.298. The van der Waals surface area contributed by atoms with E-state index in [-0.39, 0.29) is 6.61 Å². The van der Waals surface area contributed by atoms with Crippen molar-refractivity contribution in [2.45, 2.75) is 18.3 Å². The van der Waals surface area contributed by atoms with Crippen LogP contribution in [0.2, 0.25) is 0 Å². The molecule has 7 nitrogen and oxygen atoms in total. The number of aryl methyl sites for hydroxylation is 1. The van der Waals surface area contributed by atoms with E-state index in [0.29, 0.717) is 5.82 Å². The Bertz CT molecular complexity index is 302. The van der Waals surface area contributed by atoms with Crippen LogP contribution in [0.4, 0.5) is 0 Å². The highest BCUT2D eigenvalue weighted by atomic mass is 16.5. The molecule has 0 saturated carbocycles. The van der Waals surface area contributed by atoms with E-state index in [2.05, 4.69) is 15.4 Å². The summed E-state index contributed by atoms with van der Waals surface area (Å²) >= 11 is 0. The van der Waals surface area contributed by atoms with Crippen molar-refractivity contribution in [2.24, 2.45) is 7.05 Å². The Balaban J connectivity index is 2.18. The Morgan fingerprint density at radius 2 is 2.31 bits per heavy atom. The molecule has 1 aromatic heterocycles. The van der Waals surface area contributed by atoms with Crippen molar-refractivity contribution in [3.8, 4) is 0 Å². The van der Waals surface area contributed by atoms with Crippen LogP contribution in [0.25, 0.3) is 0 Å². The molecule has 1 aliphatic heterocycles. The van der Waals surface area contributed by atoms with E-state index >= 15 is 0 Å². The molecule has 13 heavy (non-hydrogen) atoms. The molecule has 1 aliphatic rings. The largest absolute Gasteiger partial charge is 0.388 e. The van der Waals surface area contributed by atoms with Crippen LogP contribution in [0.3, 0.4) is 0 Å². The van der Waals surface area contributed by atoms with E-state index in [1.54, 1.807) is 7.05 Å². The zero-order chi connectivity index (χ0) is 9.42. The molecule has 0 amide bonds. The van der Waals surface area contributed by atoms with Crippen molar-refractivity contribution in [3.63, 3.8) is 0 Å². The van der Waals surface area contributed by atoms with Gasteiger partial charge in [0.1, 0.15) is 18.3 Å². The molecule has 3 atom stereocenters. The fourth-order valence-electron chi connectivity index (χ4n) is 1.24. The molecule has 0 radical (unpaired) electrons. The van der Waals surface area contributed by atoms with Gasteiger partial charge < -0.3 is 14.9 Å². The fraction of sp³-hybridized carbons (Fsp3) is 0.833. The van der Waals surface area contributed by atoms with Gasteiger partial charge in [-0.1, -0.05) is 0 Å². The third kappa shape index (κ3) is 1.41. The highest BCUT2D eigenvalue weighted by Gasteiger charge is 2.38. The SMILES string of the molecule is Cn1nnc([C@H]2OC[C@H](O)[C@@H]2O)n1. The Kier molecular flexibility index (Phi) is 1.98. The summed E-state index contributed by atoms with van der Waals surface area (Å²) in [4.78, 5) is 1.27. The minimum Gasteiger partial charge on any atom is -0.388 e. The van der Waals surface area contributed by atoms with Gasteiger partial charge in [0.2, 0.25) is 5.82 Å². The molecule has 0 aliphatic carbocycles. The maximum atomic E-state index is 9.43. The van der Waals surface area contributed by atoms with Crippen LogP contribution in [0.15, 0.2) is 0 Å². The average Bonchev–Trinajstić information content (AvgIpc) is 2.62. The van der Waals surface area contributed by atoms with Crippen molar-refractivity contribution >= 4 is 0 Å². The van der Waals surface area contributed by atoms with Crippen LogP contribution in [0.5, 0.6) is 0 Å². The average molecular weight is 186 g/mol. The molecule has 2 rings (SSSR count). The molecular weight excluding hydrogens is 176 g/mol. The van der Waals surface area contributed by atoms with Crippen LogP contribution in [-0.4, -0.2) is 49.2 Å². The highest BCUT2D eigenvalue weighted by Crippen LogP contribution is 2.26.